The molecule has 3 rings (SSSR count). The largest absolute Gasteiger partial charge is 0.395 e. The van der Waals surface area contributed by atoms with E-state index >= 15 is 0 Å². The van der Waals surface area contributed by atoms with Crippen molar-refractivity contribution in [2.24, 2.45) is 0 Å². The number of nitrogens with one attached hydrogen (secondary N) is 1. The summed E-state index contributed by atoms with van der Waals surface area (Å²) in [6, 6.07) is 13.7. The number of aliphatic hydroxyl groups excluding tert-OH is 1. The number of anilines is 1. The molecule has 0 aliphatic carbocycles. The van der Waals surface area contributed by atoms with Crippen molar-refractivity contribution in [1.29, 1.82) is 0 Å². The average Bonchev–Trinajstić information content (AvgIpc) is 3.03. The summed E-state index contributed by atoms with van der Waals surface area (Å²) in [5.74, 6) is 1.79. The van der Waals surface area contributed by atoms with Gasteiger partial charge in [-0.25, -0.2) is 4.98 Å². The van der Waals surface area contributed by atoms with Crippen LogP contribution in [0.5, 0.6) is 0 Å². The molecule has 22 heavy (non-hydrogen) atoms. The molecular weight excluding hydrogens is 280 g/mol. The molecule has 0 aliphatic heterocycles. The van der Waals surface area contributed by atoms with Crippen molar-refractivity contribution in [2.45, 2.75) is 6.42 Å². The van der Waals surface area contributed by atoms with E-state index in [0.717, 1.165) is 11.1 Å². The van der Waals surface area contributed by atoms with Crippen molar-refractivity contribution >= 4 is 5.82 Å². The summed E-state index contributed by atoms with van der Waals surface area (Å²) in [7, 11) is 0. The number of hydrogen-bond donors (Lipinski definition) is 2. The smallest absolute Gasteiger partial charge is 0.259 e. The van der Waals surface area contributed by atoms with E-state index in [2.05, 4.69) is 20.4 Å². The van der Waals surface area contributed by atoms with Crippen molar-refractivity contribution in [2.75, 3.05) is 18.5 Å². The Labute approximate surface area is 127 Å². The molecule has 0 aliphatic rings. The van der Waals surface area contributed by atoms with Crippen LogP contribution < -0.4 is 5.32 Å². The fourth-order valence-electron chi connectivity index (χ4n) is 2.03. The van der Waals surface area contributed by atoms with Crippen LogP contribution in [0.4, 0.5) is 5.82 Å². The lowest BCUT2D eigenvalue weighted by Crippen LogP contribution is -2.06. The molecule has 1 aromatic carbocycles. The summed E-state index contributed by atoms with van der Waals surface area (Å²) in [5, 5.41) is 15.7. The lowest BCUT2D eigenvalue weighted by Gasteiger charge is -2.02. The number of nitrogens with zero attached hydrogens (tertiary/aromatic N) is 3. The fourth-order valence-corrected chi connectivity index (χ4v) is 2.03. The SMILES string of the molecule is OCCNc1ccc(-c2nc(Cc3ccccc3)no2)cn1. The third kappa shape index (κ3) is 3.48. The zero-order chi connectivity index (χ0) is 15.2. The predicted octanol–water partition coefficient (Wildman–Crippen LogP) is 2.13. The van der Waals surface area contributed by atoms with E-state index < -0.39 is 0 Å². The van der Waals surface area contributed by atoms with Crippen LogP contribution >= 0.6 is 0 Å². The van der Waals surface area contributed by atoms with E-state index in [1.807, 2.05) is 42.5 Å². The van der Waals surface area contributed by atoms with E-state index in [1.54, 1.807) is 6.20 Å². The molecule has 6 nitrogen and oxygen atoms in total. The first-order valence-electron chi connectivity index (χ1n) is 7.03. The van der Waals surface area contributed by atoms with Crippen LogP contribution in [-0.4, -0.2) is 33.4 Å². The maximum absolute atomic E-state index is 8.76. The minimum Gasteiger partial charge on any atom is -0.395 e. The Kier molecular flexibility index (Phi) is 4.41. The summed E-state index contributed by atoms with van der Waals surface area (Å²) in [5.41, 5.74) is 1.90. The molecule has 3 aromatic rings. The van der Waals surface area contributed by atoms with Gasteiger partial charge in [0.25, 0.3) is 5.89 Å². The minimum atomic E-state index is 0.0654. The van der Waals surface area contributed by atoms with Crippen LogP contribution in [0.25, 0.3) is 11.5 Å². The van der Waals surface area contributed by atoms with Crippen LogP contribution in [0.2, 0.25) is 0 Å². The van der Waals surface area contributed by atoms with Crippen LogP contribution in [0.15, 0.2) is 53.2 Å². The second-order valence-electron chi connectivity index (χ2n) is 4.76. The topological polar surface area (TPSA) is 84.1 Å². The van der Waals surface area contributed by atoms with Gasteiger partial charge in [-0.3, -0.25) is 0 Å². The maximum Gasteiger partial charge on any atom is 0.259 e. The highest BCUT2D eigenvalue weighted by atomic mass is 16.5. The summed E-state index contributed by atoms with van der Waals surface area (Å²) in [4.78, 5) is 8.63. The average molecular weight is 296 g/mol. The third-order valence-corrected chi connectivity index (χ3v) is 3.10. The lowest BCUT2D eigenvalue weighted by atomic mass is 10.1. The fraction of sp³-hybridized carbons (Fsp3) is 0.188. The van der Waals surface area contributed by atoms with E-state index in [4.69, 9.17) is 9.63 Å². The first-order valence-corrected chi connectivity index (χ1v) is 7.03. The van der Waals surface area contributed by atoms with Gasteiger partial charge in [-0.1, -0.05) is 35.5 Å². The molecule has 0 unspecified atom stereocenters. The molecule has 0 bridgehead atoms. The zero-order valence-corrected chi connectivity index (χ0v) is 11.9. The maximum atomic E-state index is 8.76. The summed E-state index contributed by atoms with van der Waals surface area (Å²) in [6.45, 7) is 0.532. The Bertz CT molecular complexity index is 711. The predicted molar refractivity (Wildman–Crippen MR) is 82.4 cm³/mol. The van der Waals surface area contributed by atoms with Crippen LogP contribution in [0.1, 0.15) is 11.4 Å². The summed E-state index contributed by atoms with van der Waals surface area (Å²) in [6.07, 6.45) is 2.30. The molecule has 0 saturated carbocycles. The Morgan fingerprint density at radius 3 is 2.68 bits per heavy atom. The zero-order valence-electron chi connectivity index (χ0n) is 11.9. The molecule has 112 valence electrons. The van der Waals surface area contributed by atoms with Gasteiger partial charge in [-0.15, -0.1) is 0 Å². The highest BCUT2D eigenvalue weighted by Gasteiger charge is 2.09. The molecule has 2 aromatic heterocycles. The number of aromatic nitrogens is 3. The van der Waals surface area contributed by atoms with Gasteiger partial charge in [0, 0.05) is 19.2 Å². The highest BCUT2D eigenvalue weighted by molar-refractivity contribution is 5.54. The first kappa shape index (κ1) is 14.2. The highest BCUT2D eigenvalue weighted by Crippen LogP contribution is 2.18. The number of aliphatic hydroxyl groups is 1. The molecule has 2 heterocycles. The monoisotopic (exact) mass is 296 g/mol. The van der Waals surface area contributed by atoms with Crippen LogP contribution in [-0.2, 0) is 6.42 Å². The van der Waals surface area contributed by atoms with Crippen molar-refractivity contribution in [3.8, 4) is 11.5 Å². The van der Waals surface area contributed by atoms with Gasteiger partial charge in [-0.2, -0.15) is 4.98 Å². The molecule has 0 spiro atoms. The van der Waals surface area contributed by atoms with E-state index in [9.17, 15) is 0 Å². The second kappa shape index (κ2) is 6.82. The molecule has 0 saturated heterocycles. The number of rotatable bonds is 6. The molecule has 2 N–H and O–H groups in total. The Morgan fingerprint density at radius 1 is 1.09 bits per heavy atom. The van der Waals surface area contributed by atoms with Crippen molar-refractivity contribution in [3.05, 3.63) is 60.0 Å². The normalized spacial score (nSPS) is 10.6. The summed E-state index contributed by atoms with van der Waals surface area (Å²) < 4.78 is 5.28. The molecule has 0 radical (unpaired) electrons. The van der Waals surface area contributed by atoms with Gasteiger partial charge < -0.3 is 14.9 Å². The second-order valence-corrected chi connectivity index (χ2v) is 4.76. The van der Waals surface area contributed by atoms with Gasteiger partial charge in [-0.05, 0) is 17.7 Å². The lowest BCUT2D eigenvalue weighted by molar-refractivity contribution is 0.311. The molecular formula is C16H16N4O2. The van der Waals surface area contributed by atoms with Crippen molar-refractivity contribution in [1.82, 2.24) is 15.1 Å². The van der Waals surface area contributed by atoms with Crippen LogP contribution in [0.3, 0.4) is 0 Å². The standard InChI is InChI=1S/C16H16N4O2/c21-9-8-17-14-7-6-13(11-18-14)16-19-15(20-22-16)10-12-4-2-1-3-5-12/h1-7,11,21H,8-10H2,(H,17,18). The number of pyridine rings is 1. The molecule has 6 heteroatoms. The van der Waals surface area contributed by atoms with Crippen molar-refractivity contribution in [3.63, 3.8) is 0 Å². The van der Waals surface area contributed by atoms with E-state index in [0.29, 0.717) is 30.5 Å². The van der Waals surface area contributed by atoms with Gasteiger partial charge in [0.2, 0.25) is 0 Å². The Balaban J connectivity index is 1.70. The number of benzene rings is 1. The first-order chi connectivity index (χ1) is 10.8. The van der Waals surface area contributed by atoms with Gasteiger partial charge in [0.05, 0.1) is 12.2 Å². The van der Waals surface area contributed by atoms with E-state index in [1.165, 1.54) is 0 Å². The molecule has 0 fully saturated rings. The third-order valence-electron chi connectivity index (χ3n) is 3.10. The minimum absolute atomic E-state index is 0.0654. The summed E-state index contributed by atoms with van der Waals surface area (Å²) >= 11 is 0. The van der Waals surface area contributed by atoms with E-state index in [-0.39, 0.29) is 6.61 Å². The van der Waals surface area contributed by atoms with Crippen molar-refractivity contribution < 1.29 is 9.63 Å². The Morgan fingerprint density at radius 2 is 1.95 bits per heavy atom. The van der Waals surface area contributed by atoms with Gasteiger partial charge >= 0.3 is 0 Å². The molecule has 0 atom stereocenters. The van der Waals surface area contributed by atoms with Gasteiger partial charge in [0.15, 0.2) is 5.82 Å². The Hall–Kier alpha value is -2.73. The quantitative estimate of drug-likeness (QED) is 0.725. The number of hydrogen-bond acceptors (Lipinski definition) is 6. The molecule has 0 amide bonds. The van der Waals surface area contributed by atoms with Crippen LogP contribution in [0, 0.1) is 0 Å². The van der Waals surface area contributed by atoms with Gasteiger partial charge in [0.1, 0.15) is 5.82 Å².